The fraction of sp³-hybridized carbons (Fsp3) is 0.926. The van der Waals surface area contributed by atoms with Gasteiger partial charge < -0.3 is 4.74 Å². The predicted octanol–water partition coefficient (Wildman–Crippen LogP) is 6.48. The third kappa shape index (κ3) is 3.47. The van der Waals surface area contributed by atoms with Crippen molar-refractivity contribution in [3.05, 3.63) is 0 Å². The Hall–Kier alpha value is -0.860. The van der Waals surface area contributed by atoms with Crippen molar-refractivity contribution in [2.75, 3.05) is 0 Å². The maximum Gasteiger partial charge on any atom is 0.306 e. The van der Waals surface area contributed by atoms with E-state index in [1.165, 1.54) is 57.8 Å². The standard InChI is InChI=1S/C27H42O3/c1-26-15-13-20(28)17-19(26)8-9-21-22-10-11-24(27(22,2)16-14-23(21)26)30-25(29)12-7-18-5-3-4-6-18/h18-19,21-24H,3-17H2,1-2H3/t19?,21-,22-,23-,24-,26-,27-/m0/s1. The molecule has 0 aromatic heterocycles. The summed E-state index contributed by atoms with van der Waals surface area (Å²) in [5, 5.41) is 0. The highest BCUT2D eigenvalue weighted by Gasteiger charge is 2.61. The highest BCUT2D eigenvalue weighted by Crippen LogP contribution is 2.66. The van der Waals surface area contributed by atoms with Crippen molar-refractivity contribution >= 4 is 11.8 Å². The summed E-state index contributed by atoms with van der Waals surface area (Å²) in [6.45, 7) is 4.95. The van der Waals surface area contributed by atoms with Crippen molar-refractivity contribution in [3.8, 4) is 0 Å². The topological polar surface area (TPSA) is 43.4 Å². The number of hydrogen-bond acceptors (Lipinski definition) is 3. The molecule has 0 aromatic rings. The van der Waals surface area contributed by atoms with Crippen LogP contribution in [0.5, 0.6) is 0 Å². The number of ketones is 1. The molecule has 30 heavy (non-hydrogen) atoms. The monoisotopic (exact) mass is 414 g/mol. The normalized spacial score (nSPS) is 46.2. The number of rotatable bonds is 4. The van der Waals surface area contributed by atoms with Crippen LogP contribution in [0.4, 0.5) is 0 Å². The van der Waals surface area contributed by atoms with Gasteiger partial charge in [-0.05, 0) is 86.4 Å². The van der Waals surface area contributed by atoms with E-state index in [0.29, 0.717) is 29.5 Å². The lowest BCUT2D eigenvalue weighted by atomic mass is 9.45. The highest BCUT2D eigenvalue weighted by atomic mass is 16.5. The van der Waals surface area contributed by atoms with E-state index in [2.05, 4.69) is 13.8 Å². The molecule has 5 rings (SSSR count). The first-order valence-corrected chi connectivity index (χ1v) is 13.1. The summed E-state index contributed by atoms with van der Waals surface area (Å²) in [5.74, 6) is 4.21. The molecule has 0 N–H and O–H groups in total. The average molecular weight is 415 g/mol. The van der Waals surface area contributed by atoms with Crippen LogP contribution in [0.25, 0.3) is 0 Å². The van der Waals surface area contributed by atoms with Gasteiger partial charge in [0.2, 0.25) is 0 Å². The minimum absolute atomic E-state index is 0.0670. The fourth-order valence-corrected chi connectivity index (χ4v) is 9.03. The molecule has 5 fully saturated rings. The molecule has 0 spiro atoms. The molecular formula is C27H42O3. The number of ether oxygens (including phenoxy) is 1. The first-order chi connectivity index (χ1) is 14.4. The first-order valence-electron chi connectivity index (χ1n) is 13.1. The smallest absolute Gasteiger partial charge is 0.306 e. The van der Waals surface area contributed by atoms with Gasteiger partial charge in [-0.3, -0.25) is 9.59 Å². The number of carbonyl (C=O) groups excluding carboxylic acids is 2. The molecule has 3 nitrogen and oxygen atoms in total. The molecule has 3 heteroatoms. The Labute approximate surface area is 183 Å². The Morgan fingerprint density at radius 2 is 1.70 bits per heavy atom. The predicted molar refractivity (Wildman–Crippen MR) is 118 cm³/mol. The van der Waals surface area contributed by atoms with Gasteiger partial charge >= 0.3 is 5.97 Å². The second-order valence-corrected chi connectivity index (χ2v) is 12.2. The van der Waals surface area contributed by atoms with Crippen molar-refractivity contribution in [1.82, 2.24) is 0 Å². The van der Waals surface area contributed by atoms with E-state index in [9.17, 15) is 9.59 Å². The van der Waals surface area contributed by atoms with E-state index >= 15 is 0 Å². The van der Waals surface area contributed by atoms with Crippen molar-refractivity contribution in [2.45, 2.75) is 116 Å². The minimum atomic E-state index is 0.0670. The Morgan fingerprint density at radius 3 is 2.50 bits per heavy atom. The van der Waals surface area contributed by atoms with Crippen LogP contribution in [0.3, 0.4) is 0 Å². The molecule has 0 saturated heterocycles. The zero-order valence-electron chi connectivity index (χ0n) is 19.3. The lowest BCUT2D eigenvalue weighted by Gasteiger charge is -2.60. The van der Waals surface area contributed by atoms with Crippen LogP contribution >= 0.6 is 0 Å². The zero-order valence-corrected chi connectivity index (χ0v) is 19.3. The van der Waals surface area contributed by atoms with E-state index in [1.807, 2.05) is 0 Å². The van der Waals surface area contributed by atoms with Gasteiger partial charge in [0.15, 0.2) is 0 Å². The van der Waals surface area contributed by atoms with E-state index in [-0.39, 0.29) is 17.5 Å². The van der Waals surface area contributed by atoms with Crippen LogP contribution in [0.1, 0.15) is 110 Å². The molecule has 5 saturated carbocycles. The zero-order chi connectivity index (χ0) is 20.9. The summed E-state index contributed by atoms with van der Waals surface area (Å²) >= 11 is 0. The number of esters is 1. The molecule has 168 valence electrons. The van der Waals surface area contributed by atoms with Crippen molar-refractivity contribution in [1.29, 1.82) is 0 Å². The molecule has 0 bridgehead atoms. The molecule has 0 radical (unpaired) electrons. The van der Waals surface area contributed by atoms with Gasteiger partial charge in [0.25, 0.3) is 0 Å². The molecule has 0 aromatic carbocycles. The molecule has 0 amide bonds. The summed E-state index contributed by atoms with van der Waals surface area (Å²) in [6, 6.07) is 0. The van der Waals surface area contributed by atoms with Gasteiger partial charge in [-0.2, -0.15) is 0 Å². The third-order valence-electron chi connectivity index (χ3n) is 10.9. The minimum Gasteiger partial charge on any atom is -0.462 e. The van der Waals surface area contributed by atoms with E-state index in [4.69, 9.17) is 4.74 Å². The highest BCUT2D eigenvalue weighted by molar-refractivity contribution is 5.79. The largest absolute Gasteiger partial charge is 0.462 e. The van der Waals surface area contributed by atoms with E-state index in [1.54, 1.807) is 0 Å². The quantitative estimate of drug-likeness (QED) is 0.494. The Kier molecular flexibility index (Phi) is 5.55. The van der Waals surface area contributed by atoms with Gasteiger partial charge in [0.1, 0.15) is 11.9 Å². The summed E-state index contributed by atoms with van der Waals surface area (Å²) in [4.78, 5) is 24.8. The van der Waals surface area contributed by atoms with Crippen molar-refractivity contribution in [2.24, 2.45) is 40.4 Å². The molecular weight excluding hydrogens is 372 g/mol. The first kappa shape index (κ1) is 21.0. The van der Waals surface area contributed by atoms with E-state index in [0.717, 1.165) is 49.9 Å². The second-order valence-electron chi connectivity index (χ2n) is 12.2. The fourth-order valence-electron chi connectivity index (χ4n) is 9.03. The van der Waals surface area contributed by atoms with Gasteiger partial charge in [0.05, 0.1) is 0 Å². The Bertz CT molecular complexity index is 680. The molecule has 5 aliphatic carbocycles. The maximum absolute atomic E-state index is 12.7. The molecule has 1 unspecified atom stereocenters. The summed E-state index contributed by atoms with van der Waals surface area (Å²) < 4.78 is 6.19. The van der Waals surface area contributed by atoms with E-state index < -0.39 is 0 Å². The number of carbonyl (C=O) groups is 2. The molecule has 5 aliphatic rings. The number of hydrogen-bond donors (Lipinski definition) is 0. The molecule has 0 aliphatic heterocycles. The summed E-state index contributed by atoms with van der Waals surface area (Å²) in [7, 11) is 0. The summed E-state index contributed by atoms with van der Waals surface area (Å²) in [5.41, 5.74) is 0.548. The Morgan fingerprint density at radius 1 is 0.933 bits per heavy atom. The second kappa shape index (κ2) is 7.93. The lowest BCUT2D eigenvalue weighted by Crippen LogP contribution is -2.54. The molecule has 0 heterocycles. The Balaban J connectivity index is 1.24. The van der Waals surface area contributed by atoms with Crippen LogP contribution in [0.2, 0.25) is 0 Å². The van der Waals surface area contributed by atoms with Crippen molar-refractivity contribution in [3.63, 3.8) is 0 Å². The van der Waals surface area contributed by atoms with Gasteiger partial charge in [-0.15, -0.1) is 0 Å². The van der Waals surface area contributed by atoms with Crippen LogP contribution in [0.15, 0.2) is 0 Å². The number of Topliss-reactive ketones (excluding diaryl/α,β-unsaturated/α-hetero) is 1. The van der Waals surface area contributed by atoms with Crippen molar-refractivity contribution < 1.29 is 14.3 Å². The van der Waals surface area contributed by atoms with Gasteiger partial charge in [-0.25, -0.2) is 0 Å². The number of fused-ring (bicyclic) bond motifs is 5. The van der Waals surface area contributed by atoms with Crippen LogP contribution in [-0.4, -0.2) is 17.9 Å². The SMILES string of the molecule is C[C@]12CC[C@H]3[C@@H](CCC4CC(=O)CC[C@@]43C)[C@@H]1CC[C@@H]2OC(=O)CCC1CCCC1. The summed E-state index contributed by atoms with van der Waals surface area (Å²) in [6.07, 6.45) is 17.2. The third-order valence-corrected chi connectivity index (χ3v) is 10.9. The van der Waals surface area contributed by atoms with Crippen LogP contribution < -0.4 is 0 Å². The van der Waals surface area contributed by atoms with Gasteiger partial charge in [0, 0.05) is 24.7 Å². The lowest BCUT2D eigenvalue weighted by molar-refractivity contribution is -0.164. The van der Waals surface area contributed by atoms with Crippen LogP contribution in [-0.2, 0) is 14.3 Å². The van der Waals surface area contributed by atoms with Crippen LogP contribution in [0, 0.1) is 40.4 Å². The maximum atomic E-state index is 12.7. The van der Waals surface area contributed by atoms with Gasteiger partial charge in [-0.1, -0.05) is 39.5 Å². The average Bonchev–Trinajstić information content (AvgIpc) is 3.35. The molecule has 7 atom stereocenters.